The van der Waals surface area contributed by atoms with Gasteiger partial charge in [0.15, 0.2) is 0 Å². The van der Waals surface area contributed by atoms with E-state index in [2.05, 4.69) is 10.6 Å². The normalized spacial score (nSPS) is 15.8. The first kappa shape index (κ1) is 12.3. The van der Waals surface area contributed by atoms with Crippen molar-refractivity contribution in [1.82, 2.24) is 5.32 Å². The lowest BCUT2D eigenvalue weighted by atomic mass is 10.2. The summed E-state index contributed by atoms with van der Waals surface area (Å²) in [5.41, 5.74) is 5.79. The van der Waals surface area contributed by atoms with Crippen molar-refractivity contribution in [3.63, 3.8) is 0 Å². The number of hydrogen-bond donors (Lipinski definition) is 4. The summed E-state index contributed by atoms with van der Waals surface area (Å²) in [4.78, 5) is 11.7. The minimum Gasteiger partial charge on any atom is -0.386 e. The van der Waals surface area contributed by atoms with Gasteiger partial charge in [0.2, 0.25) is 0 Å². The number of carbonyl (C=O) groups excluding carboxylic acids is 1. The van der Waals surface area contributed by atoms with Crippen LogP contribution >= 0.6 is 0 Å². The summed E-state index contributed by atoms with van der Waals surface area (Å²) < 4.78 is 12.9. The predicted molar refractivity (Wildman–Crippen MR) is 67.0 cm³/mol. The molecule has 1 unspecified atom stereocenters. The summed E-state index contributed by atoms with van der Waals surface area (Å²) in [6, 6.07) is 4.70. The van der Waals surface area contributed by atoms with Crippen LogP contribution in [0.1, 0.15) is 12.8 Å². The number of carbonyl (C=O) groups is 1. The second-order valence-electron chi connectivity index (χ2n) is 4.38. The molecule has 6 heteroatoms. The second kappa shape index (κ2) is 5.03. The van der Waals surface area contributed by atoms with Crippen molar-refractivity contribution >= 4 is 17.6 Å². The average Bonchev–Trinajstić information content (AvgIpc) is 3.09. The van der Waals surface area contributed by atoms with Crippen LogP contribution in [0.25, 0.3) is 0 Å². The first-order valence-electron chi connectivity index (χ1n) is 5.73. The number of benzene rings is 1. The molecule has 0 spiro atoms. The molecule has 0 radical (unpaired) electrons. The largest absolute Gasteiger partial charge is 0.386 e. The maximum atomic E-state index is 12.9. The van der Waals surface area contributed by atoms with Crippen LogP contribution in [0.4, 0.5) is 14.9 Å². The van der Waals surface area contributed by atoms with E-state index in [1.54, 1.807) is 6.07 Å². The van der Waals surface area contributed by atoms with Gasteiger partial charge in [0.25, 0.3) is 0 Å². The Hall–Kier alpha value is -2.11. The van der Waals surface area contributed by atoms with Crippen molar-refractivity contribution in [3.05, 3.63) is 30.1 Å². The molecule has 0 aliphatic heterocycles. The SMILES string of the molecule is N=C(N)C(NC(=O)Nc1cccc(F)c1)C1CC1. The summed E-state index contributed by atoms with van der Waals surface area (Å²) in [7, 11) is 0. The van der Waals surface area contributed by atoms with E-state index in [1.807, 2.05) is 0 Å². The molecule has 96 valence electrons. The van der Waals surface area contributed by atoms with Gasteiger partial charge in [0.05, 0.1) is 6.04 Å². The Kier molecular flexibility index (Phi) is 3.45. The van der Waals surface area contributed by atoms with Gasteiger partial charge in [-0.05, 0) is 37.0 Å². The second-order valence-corrected chi connectivity index (χ2v) is 4.38. The molecular weight excluding hydrogens is 235 g/mol. The molecule has 0 saturated heterocycles. The zero-order valence-electron chi connectivity index (χ0n) is 9.74. The number of nitrogens with two attached hydrogens (primary N) is 1. The van der Waals surface area contributed by atoms with E-state index in [-0.39, 0.29) is 11.8 Å². The van der Waals surface area contributed by atoms with Gasteiger partial charge in [-0.15, -0.1) is 0 Å². The number of anilines is 1. The molecule has 1 aliphatic carbocycles. The summed E-state index contributed by atoms with van der Waals surface area (Å²) in [6.45, 7) is 0. The first-order chi connectivity index (χ1) is 8.56. The van der Waals surface area contributed by atoms with E-state index < -0.39 is 17.9 Å². The first-order valence-corrected chi connectivity index (χ1v) is 5.73. The van der Waals surface area contributed by atoms with E-state index in [0.717, 1.165) is 12.8 Å². The highest BCUT2D eigenvalue weighted by Crippen LogP contribution is 2.32. The van der Waals surface area contributed by atoms with E-state index in [4.69, 9.17) is 11.1 Å². The van der Waals surface area contributed by atoms with Crippen molar-refractivity contribution in [2.24, 2.45) is 11.7 Å². The molecule has 5 N–H and O–H groups in total. The molecule has 18 heavy (non-hydrogen) atoms. The van der Waals surface area contributed by atoms with Crippen LogP contribution in [0.15, 0.2) is 24.3 Å². The third-order valence-electron chi connectivity index (χ3n) is 2.80. The standard InChI is InChI=1S/C12H15FN4O/c13-8-2-1-3-9(6-8)16-12(18)17-10(11(14)15)7-4-5-7/h1-3,6-7,10H,4-5H2,(H3,14,15)(H2,16,17,18). The smallest absolute Gasteiger partial charge is 0.319 e. The van der Waals surface area contributed by atoms with Crippen molar-refractivity contribution in [2.45, 2.75) is 18.9 Å². The zero-order chi connectivity index (χ0) is 13.1. The summed E-state index contributed by atoms with van der Waals surface area (Å²) in [5.74, 6) is -0.217. The van der Waals surface area contributed by atoms with Crippen molar-refractivity contribution in [1.29, 1.82) is 5.41 Å². The molecule has 2 rings (SSSR count). The van der Waals surface area contributed by atoms with E-state index >= 15 is 0 Å². The monoisotopic (exact) mass is 250 g/mol. The van der Waals surface area contributed by atoms with Gasteiger partial charge in [-0.25, -0.2) is 9.18 Å². The minimum absolute atomic E-state index is 0.0492. The Morgan fingerprint density at radius 3 is 2.78 bits per heavy atom. The van der Waals surface area contributed by atoms with Crippen LogP contribution in [-0.2, 0) is 0 Å². The number of nitrogens with one attached hydrogen (secondary N) is 3. The fourth-order valence-corrected chi connectivity index (χ4v) is 1.75. The fourth-order valence-electron chi connectivity index (χ4n) is 1.75. The highest BCUT2D eigenvalue weighted by Gasteiger charge is 2.34. The molecule has 1 atom stereocenters. The lowest BCUT2D eigenvalue weighted by Gasteiger charge is -2.17. The lowest BCUT2D eigenvalue weighted by Crippen LogP contribution is -2.47. The third kappa shape index (κ3) is 3.19. The highest BCUT2D eigenvalue weighted by atomic mass is 19.1. The van der Waals surface area contributed by atoms with Crippen molar-refractivity contribution in [3.8, 4) is 0 Å². The molecule has 0 aromatic heterocycles. The molecule has 0 heterocycles. The molecule has 1 saturated carbocycles. The summed E-state index contributed by atoms with van der Waals surface area (Å²) in [6.07, 6.45) is 1.93. The van der Waals surface area contributed by atoms with Gasteiger partial charge in [0, 0.05) is 5.69 Å². The molecule has 0 bridgehead atoms. The van der Waals surface area contributed by atoms with E-state index in [9.17, 15) is 9.18 Å². The molecule has 2 amide bonds. The summed E-state index contributed by atoms with van der Waals surface area (Å²) >= 11 is 0. The van der Waals surface area contributed by atoms with E-state index in [1.165, 1.54) is 18.2 Å². The minimum atomic E-state index is -0.479. The molecule has 1 aromatic rings. The van der Waals surface area contributed by atoms with Gasteiger partial charge >= 0.3 is 6.03 Å². The molecule has 1 fully saturated rings. The topological polar surface area (TPSA) is 91.0 Å². The lowest BCUT2D eigenvalue weighted by molar-refractivity contribution is 0.250. The van der Waals surface area contributed by atoms with Crippen LogP contribution < -0.4 is 16.4 Å². The van der Waals surface area contributed by atoms with Gasteiger partial charge < -0.3 is 16.4 Å². The van der Waals surface area contributed by atoms with Crippen LogP contribution in [0.3, 0.4) is 0 Å². The zero-order valence-corrected chi connectivity index (χ0v) is 9.74. The maximum absolute atomic E-state index is 12.9. The molecule has 5 nitrogen and oxygen atoms in total. The molecule has 1 aliphatic rings. The Bertz CT molecular complexity index is 473. The number of halogens is 1. The Labute approximate surface area is 104 Å². The van der Waals surface area contributed by atoms with Crippen LogP contribution in [0.5, 0.6) is 0 Å². The summed E-state index contributed by atoms with van der Waals surface area (Å²) in [5, 5.41) is 12.5. The van der Waals surface area contributed by atoms with Crippen molar-refractivity contribution < 1.29 is 9.18 Å². The Morgan fingerprint density at radius 2 is 2.22 bits per heavy atom. The van der Waals surface area contributed by atoms with Gasteiger partial charge in [-0.3, -0.25) is 5.41 Å². The number of rotatable bonds is 4. The highest BCUT2D eigenvalue weighted by molar-refractivity contribution is 5.94. The fraction of sp³-hybridized carbons (Fsp3) is 0.333. The van der Waals surface area contributed by atoms with Crippen LogP contribution in [-0.4, -0.2) is 17.9 Å². The molecular formula is C12H15FN4O. The maximum Gasteiger partial charge on any atom is 0.319 e. The van der Waals surface area contributed by atoms with Crippen LogP contribution in [0, 0.1) is 17.1 Å². The predicted octanol–water partition coefficient (Wildman–Crippen LogP) is 1.66. The van der Waals surface area contributed by atoms with E-state index in [0.29, 0.717) is 5.69 Å². The van der Waals surface area contributed by atoms with Gasteiger partial charge in [-0.1, -0.05) is 6.07 Å². The molecule has 1 aromatic carbocycles. The Morgan fingerprint density at radius 1 is 1.50 bits per heavy atom. The Balaban J connectivity index is 1.93. The van der Waals surface area contributed by atoms with Crippen molar-refractivity contribution in [2.75, 3.05) is 5.32 Å². The quantitative estimate of drug-likeness (QED) is 0.483. The number of amidine groups is 1. The van der Waals surface area contributed by atoms with Gasteiger partial charge in [-0.2, -0.15) is 0 Å². The van der Waals surface area contributed by atoms with Gasteiger partial charge in [0.1, 0.15) is 11.7 Å². The average molecular weight is 250 g/mol. The van der Waals surface area contributed by atoms with Crippen LogP contribution in [0.2, 0.25) is 0 Å². The number of amides is 2. The number of urea groups is 1. The number of hydrogen-bond acceptors (Lipinski definition) is 2. The third-order valence-corrected chi connectivity index (χ3v) is 2.80.